The number of rotatable bonds is 7. The fourth-order valence-electron chi connectivity index (χ4n) is 1.43. The molecule has 1 aromatic rings. The standard InChI is InChI=1S/C6H3N3O7.C6H15NO/c10-6-4(8(13)14)1-3(7(11)12)2-5(6)9(15)16;1-3-6(2)7-4-5-8/h1-2,10H;6-8H,3-5H2,1-2H3. The summed E-state index contributed by atoms with van der Waals surface area (Å²) in [6, 6.07) is 1.44. The van der Waals surface area contributed by atoms with Crippen LogP contribution in [0.15, 0.2) is 12.1 Å². The second-order valence-corrected chi connectivity index (χ2v) is 4.59. The van der Waals surface area contributed by atoms with Gasteiger partial charge in [-0.2, -0.15) is 0 Å². The predicted octanol–water partition coefficient (Wildman–Crippen LogP) is 1.48. The summed E-state index contributed by atoms with van der Waals surface area (Å²) in [6.07, 6.45) is 1.12. The lowest BCUT2D eigenvalue weighted by Crippen LogP contribution is -2.27. The molecule has 12 heteroatoms. The van der Waals surface area contributed by atoms with Crippen LogP contribution in [0.4, 0.5) is 17.1 Å². The van der Waals surface area contributed by atoms with E-state index >= 15 is 0 Å². The van der Waals surface area contributed by atoms with Crippen LogP contribution in [-0.2, 0) is 0 Å². The first-order valence-electron chi connectivity index (χ1n) is 6.80. The molecule has 0 saturated carbocycles. The van der Waals surface area contributed by atoms with Gasteiger partial charge < -0.3 is 15.5 Å². The fraction of sp³-hybridized carbons (Fsp3) is 0.500. The second-order valence-electron chi connectivity index (χ2n) is 4.59. The van der Waals surface area contributed by atoms with Crippen molar-refractivity contribution < 1.29 is 25.0 Å². The van der Waals surface area contributed by atoms with Crippen LogP contribution in [0.2, 0.25) is 0 Å². The van der Waals surface area contributed by atoms with E-state index in [1.54, 1.807) is 0 Å². The van der Waals surface area contributed by atoms with Crippen molar-refractivity contribution in [2.75, 3.05) is 13.2 Å². The zero-order valence-electron chi connectivity index (χ0n) is 13.0. The molecule has 0 fully saturated rings. The van der Waals surface area contributed by atoms with E-state index in [4.69, 9.17) is 10.2 Å². The minimum atomic E-state index is -1.21. The zero-order chi connectivity index (χ0) is 18.9. The number of benzene rings is 1. The van der Waals surface area contributed by atoms with Crippen LogP contribution in [0.25, 0.3) is 0 Å². The van der Waals surface area contributed by atoms with Crippen molar-refractivity contribution in [2.24, 2.45) is 0 Å². The molecule has 1 unspecified atom stereocenters. The van der Waals surface area contributed by atoms with Crippen LogP contribution in [-0.4, -0.2) is 44.2 Å². The van der Waals surface area contributed by atoms with E-state index in [-0.39, 0.29) is 6.61 Å². The molecule has 0 amide bonds. The smallest absolute Gasteiger partial charge is 0.324 e. The van der Waals surface area contributed by atoms with Gasteiger partial charge in [-0.3, -0.25) is 30.3 Å². The summed E-state index contributed by atoms with van der Waals surface area (Å²) in [5.41, 5.74) is -3.00. The molecular weight excluding hydrogens is 328 g/mol. The number of nitrogens with zero attached hydrogens (tertiary/aromatic N) is 3. The lowest BCUT2D eigenvalue weighted by Gasteiger charge is -2.07. The highest BCUT2D eigenvalue weighted by Gasteiger charge is 2.30. The van der Waals surface area contributed by atoms with Crippen LogP contribution in [0.5, 0.6) is 5.75 Å². The Labute approximate surface area is 136 Å². The summed E-state index contributed by atoms with van der Waals surface area (Å²) in [5.74, 6) is -1.21. The second kappa shape index (κ2) is 10.0. The molecule has 24 heavy (non-hydrogen) atoms. The average Bonchev–Trinajstić information content (AvgIpc) is 2.52. The van der Waals surface area contributed by atoms with Gasteiger partial charge in [0.1, 0.15) is 0 Å². The molecule has 0 spiro atoms. The van der Waals surface area contributed by atoms with Crippen molar-refractivity contribution in [3.05, 3.63) is 42.5 Å². The van der Waals surface area contributed by atoms with E-state index in [9.17, 15) is 30.3 Å². The van der Waals surface area contributed by atoms with E-state index in [0.717, 1.165) is 13.0 Å². The van der Waals surface area contributed by atoms with Gasteiger partial charge in [0.2, 0.25) is 0 Å². The number of nitro groups is 3. The first kappa shape index (κ1) is 21.1. The highest BCUT2D eigenvalue weighted by molar-refractivity contribution is 5.64. The summed E-state index contributed by atoms with van der Waals surface area (Å²) in [7, 11) is 0. The molecule has 1 atom stereocenters. The summed E-state index contributed by atoms with van der Waals surface area (Å²) in [5, 5.41) is 51.7. The number of aliphatic hydroxyl groups is 1. The molecule has 0 aliphatic heterocycles. The molecule has 1 aromatic carbocycles. The number of nitrogens with one attached hydrogen (secondary N) is 1. The molecule has 3 N–H and O–H groups in total. The number of hydrogen-bond donors (Lipinski definition) is 3. The van der Waals surface area contributed by atoms with Gasteiger partial charge in [-0.25, -0.2) is 0 Å². The molecule has 0 aliphatic carbocycles. The van der Waals surface area contributed by atoms with Gasteiger partial charge in [-0.1, -0.05) is 6.92 Å². The van der Waals surface area contributed by atoms with Gasteiger partial charge in [0.25, 0.3) is 11.4 Å². The maximum atomic E-state index is 10.4. The van der Waals surface area contributed by atoms with Gasteiger partial charge in [-0.05, 0) is 13.3 Å². The summed E-state index contributed by atoms with van der Waals surface area (Å²) in [4.78, 5) is 27.8. The van der Waals surface area contributed by atoms with E-state index in [2.05, 4.69) is 19.2 Å². The number of aliphatic hydroxyl groups excluding tert-OH is 1. The Morgan fingerprint density at radius 3 is 1.83 bits per heavy atom. The minimum absolute atomic E-state index is 0.240. The molecule has 12 nitrogen and oxygen atoms in total. The van der Waals surface area contributed by atoms with Crippen LogP contribution in [0, 0.1) is 30.3 Å². The molecule has 0 bridgehead atoms. The third kappa shape index (κ3) is 6.50. The monoisotopic (exact) mass is 346 g/mol. The molecule has 1 rings (SSSR count). The van der Waals surface area contributed by atoms with Crippen molar-refractivity contribution in [3.63, 3.8) is 0 Å². The van der Waals surface area contributed by atoms with E-state index < -0.39 is 37.6 Å². The Bertz CT molecular complexity index is 572. The summed E-state index contributed by atoms with van der Waals surface area (Å²) >= 11 is 0. The maximum Gasteiger partial charge on any atom is 0.324 e. The Morgan fingerprint density at radius 1 is 1.08 bits per heavy atom. The number of phenols is 1. The average molecular weight is 346 g/mol. The van der Waals surface area contributed by atoms with E-state index in [1.165, 1.54) is 0 Å². The molecule has 0 radical (unpaired) electrons. The summed E-state index contributed by atoms with van der Waals surface area (Å²) < 4.78 is 0. The molecule has 0 saturated heterocycles. The van der Waals surface area contributed by atoms with Gasteiger partial charge in [0, 0.05) is 12.6 Å². The van der Waals surface area contributed by atoms with Crippen molar-refractivity contribution >= 4 is 17.1 Å². The predicted molar refractivity (Wildman–Crippen MR) is 82.9 cm³/mol. The Morgan fingerprint density at radius 2 is 1.54 bits per heavy atom. The largest absolute Gasteiger partial charge is 0.497 e. The lowest BCUT2D eigenvalue weighted by molar-refractivity contribution is -0.404. The molecular formula is C12H18N4O8. The van der Waals surface area contributed by atoms with Crippen LogP contribution < -0.4 is 5.32 Å². The fourth-order valence-corrected chi connectivity index (χ4v) is 1.43. The maximum absolute atomic E-state index is 10.4. The van der Waals surface area contributed by atoms with Crippen LogP contribution in [0.3, 0.4) is 0 Å². The third-order valence-corrected chi connectivity index (χ3v) is 2.88. The number of hydrogen-bond acceptors (Lipinski definition) is 9. The zero-order valence-corrected chi connectivity index (χ0v) is 13.0. The Balaban J connectivity index is 0.000000561. The topological polar surface area (TPSA) is 182 Å². The van der Waals surface area contributed by atoms with E-state index in [1.807, 2.05) is 0 Å². The van der Waals surface area contributed by atoms with Crippen molar-refractivity contribution in [2.45, 2.75) is 26.3 Å². The number of non-ortho nitro benzene ring substituents is 1. The number of phenolic OH excluding ortho intramolecular Hbond substituents is 1. The molecule has 0 aromatic heterocycles. The summed E-state index contributed by atoms with van der Waals surface area (Å²) in [6.45, 7) is 5.18. The van der Waals surface area contributed by atoms with Crippen molar-refractivity contribution in [1.82, 2.24) is 5.32 Å². The molecule has 0 heterocycles. The first-order valence-corrected chi connectivity index (χ1v) is 6.80. The van der Waals surface area contributed by atoms with Gasteiger partial charge in [0.15, 0.2) is 0 Å². The van der Waals surface area contributed by atoms with Gasteiger partial charge in [-0.15, -0.1) is 0 Å². The van der Waals surface area contributed by atoms with Crippen molar-refractivity contribution in [3.8, 4) is 5.75 Å². The lowest BCUT2D eigenvalue weighted by atomic mass is 10.2. The normalized spacial score (nSPS) is 11.1. The first-order chi connectivity index (χ1) is 11.1. The quantitative estimate of drug-likeness (QED) is 0.486. The molecule has 134 valence electrons. The number of nitro benzene ring substituents is 3. The number of aromatic hydroxyl groups is 1. The van der Waals surface area contributed by atoms with Gasteiger partial charge >= 0.3 is 11.4 Å². The third-order valence-electron chi connectivity index (χ3n) is 2.88. The van der Waals surface area contributed by atoms with E-state index in [0.29, 0.717) is 18.2 Å². The Hall–Kier alpha value is -2.86. The van der Waals surface area contributed by atoms with Gasteiger partial charge in [0.05, 0.1) is 33.5 Å². The minimum Gasteiger partial charge on any atom is -0.497 e. The SMILES string of the molecule is CCC(C)NCCO.O=[N+]([O-])c1cc([N+](=O)[O-])c(O)c([N+](=O)[O-])c1. The van der Waals surface area contributed by atoms with Crippen LogP contribution >= 0.6 is 0 Å². The Kier molecular flexibility index (Phi) is 8.82. The highest BCUT2D eigenvalue weighted by Crippen LogP contribution is 2.38. The van der Waals surface area contributed by atoms with Crippen molar-refractivity contribution in [1.29, 1.82) is 0 Å². The highest BCUT2D eigenvalue weighted by atomic mass is 16.6. The molecule has 0 aliphatic rings. The van der Waals surface area contributed by atoms with Crippen LogP contribution in [0.1, 0.15) is 20.3 Å².